The van der Waals surface area contributed by atoms with Crippen molar-refractivity contribution in [3.63, 3.8) is 0 Å². The van der Waals surface area contributed by atoms with Crippen LogP contribution < -0.4 is 0 Å². The first-order valence-corrected chi connectivity index (χ1v) is 4.74. The molecule has 0 atom stereocenters. The fourth-order valence-corrected chi connectivity index (χ4v) is 1.14. The van der Waals surface area contributed by atoms with Crippen LogP contribution in [0.4, 0.5) is 4.39 Å². The smallest absolute Gasteiger partial charge is 0.330 e. The Morgan fingerprint density at radius 1 is 1.53 bits per heavy atom. The molecule has 1 aromatic rings. The van der Waals surface area contributed by atoms with Crippen molar-refractivity contribution in [1.82, 2.24) is 0 Å². The maximum atomic E-state index is 12.9. The third kappa shape index (κ3) is 3.54. The Kier molecular flexibility index (Phi) is 4.03. The maximum absolute atomic E-state index is 12.9. The largest absolute Gasteiger partial charge is 0.463 e. The van der Waals surface area contributed by atoms with E-state index in [0.717, 1.165) is 5.56 Å². The molecule has 1 aromatic carbocycles. The summed E-state index contributed by atoms with van der Waals surface area (Å²) >= 11 is 0. The number of benzene rings is 1. The van der Waals surface area contributed by atoms with Gasteiger partial charge in [0.25, 0.3) is 0 Å². The lowest BCUT2D eigenvalue weighted by atomic mass is 10.1. The van der Waals surface area contributed by atoms with E-state index in [0.29, 0.717) is 12.2 Å². The summed E-state index contributed by atoms with van der Waals surface area (Å²) in [7, 11) is 0. The van der Waals surface area contributed by atoms with Crippen molar-refractivity contribution in [2.75, 3.05) is 6.61 Å². The van der Waals surface area contributed by atoms with E-state index >= 15 is 0 Å². The summed E-state index contributed by atoms with van der Waals surface area (Å²) < 4.78 is 17.6. The van der Waals surface area contributed by atoms with E-state index in [9.17, 15) is 9.18 Å². The Labute approximate surface area is 88.4 Å². The number of aryl methyl sites for hydroxylation is 1. The van der Waals surface area contributed by atoms with Gasteiger partial charge >= 0.3 is 5.97 Å². The maximum Gasteiger partial charge on any atom is 0.330 e. The number of carbonyl (C=O) groups excluding carboxylic acids is 1. The highest BCUT2D eigenvalue weighted by Gasteiger charge is 1.98. The zero-order chi connectivity index (χ0) is 11.3. The van der Waals surface area contributed by atoms with Crippen molar-refractivity contribution in [2.45, 2.75) is 13.8 Å². The van der Waals surface area contributed by atoms with E-state index in [2.05, 4.69) is 0 Å². The topological polar surface area (TPSA) is 26.3 Å². The number of esters is 1. The van der Waals surface area contributed by atoms with Crippen molar-refractivity contribution in [3.8, 4) is 0 Å². The molecule has 0 radical (unpaired) electrons. The minimum absolute atomic E-state index is 0.316. The molecule has 0 saturated heterocycles. The van der Waals surface area contributed by atoms with E-state index in [1.54, 1.807) is 19.1 Å². The number of carbonyl (C=O) groups is 1. The summed E-state index contributed by atoms with van der Waals surface area (Å²) in [5.74, 6) is -0.731. The van der Waals surface area contributed by atoms with Crippen LogP contribution in [0.25, 0.3) is 6.08 Å². The molecule has 80 valence electrons. The number of halogens is 1. The van der Waals surface area contributed by atoms with Crippen LogP contribution in [0.2, 0.25) is 0 Å². The first-order chi connectivity index (χ1) is 7.13. The summed E-state index contributed by atoms with van der Waals surface area (Å²) in [6, 6.07) is 4.43. The first-order valence-electron chi connectivity index (χ1n) is 4.74. The van der Waals surface area contributed by atoms with Crippen LogP contribution in [-0.2, 0) is 9.53 Å². The van der Waals surface area contributed by atoms with Crippen LogP contribution in [0.15, 0.2) is 24.3 Å². The Hall–Kier alpha value is -1.64. The number of rotatable bonds is 3. The van der Waals surface area contributed by atoms with Gasteiger partial charge in [0.05, 0.1) is 6.61 Å². The van der Waals surface area contributed by atoms with Gasteiger partial charge < -0.3 is 4.74 Å². The highest BCUT2D eigenvalue weighted by molar-refractivity contribution is 5.87. The predicted molar refractivity (Wildman–Crippen MR) is 56.8 cm³/mol. The second-order valence-electron chi connectivity index (χ2n) is 3.09. The molecule has 0 aliphatic heterocycles. The molecule has 2 nitrogen and oxygen atoms in total. The van der Waals surface area contributed by atoms with E-state index < -0.39 is 5.97 Å². The van der Waals surface area contributed by atoms with Crippen molar-refractivity contribution in [3.05, 3.63) is 41.2 Å². The minimum atomic E-state index is -0.416. The van der Waals surface area contributed by atoms with Crippen molar-refractivity contribution in [2.24, 2.45) is 0 Å². The molecular weight excluding hydrogens is 195 g/mol. The fraction of sp³-hybridized carbons (Fsp3) is 0.250. The molecule has 0 amide bonds. The van der Waals surface area contributed by atoms with Gasteiger partial charge in [0, 0.05) is 6.08 Å². The molecule has 3 heteroatoms. The molecule has 1 rings (SSSR count). The van der Waals surface area contributed by atoms with E-state index in [-0.39, 0.29) is 5.82 Å². The van der Waals surface area contributed by atoms with Crippen LogP contribution in [0, 0.1) is 12.7 Å². The molecule has 0 aromatic heterocycles. The van der Waals surface area contributed by atoms with Crippen LogP contribution >= 0.6 is 0 Å². The van der Waals surface area contributed by atoms with Gasteiger partial charge in [-0.1, -0.05) is 6.07 Å². The third-order valence-electron chi connectivity index (χ3n) is 1.93. The quantitative estimate of drug-likeness (QED) is 0.564. The van der Waals surface area contributed by atoms with Gasteiger partial charge in [-0.25, -0.2) is 9.18 Å². The normalized spacial score (nSPS) is 10.6. The fourth-order valence-electron chi connectivity index (χ4n) is 1.14. The second kappa shape index (κ2) is 5.29. The van der Waals surface area contributed by atoms with E-state index in [4.69, 9.17) is 4.74 Å². The first kappa shape index (κ1) is 11.4. The second-order valence-corrected chi connectivity index (χ2v) is 3.09. The zero-order valence-corrected chi connectivity index (χ0v) is 8.79. The molecule has 15 heavy (non-hydrogen) atoms. The summed E-state index contributed by atoms with van der Waals surface area (Å²) in [5.41, 5.74) is 1.60. The average Bonchev–Trinajstić information content (AvgIpc) is 2.20. The van der Waals surface area contributed by atoms with E-state index in [1.807, 2.05) is 6.92 Å². The molecule has 0 fully saturated rings. The summed E-state index contributed by atoms with van der Waals surface area (Å²) in [6.45, 7) is 3.93. The standard InChI is InChI=1S/C12H13FO2/c1-3-15-12(14)7-5-10-8-11(13)6-4-9(10)2/h4-8H,3H2,1-2H3/b7-5+. The molecule has 0 saturated carbocycles. The molecule has 0 bridgehead atoms. The number of hydrogen-bond acceptors (Lipinski definition) is 2. The van der Waals surface area contributed by atoms with Gasteiger partial charge in [-0.15, -0.1) is 0 Å². The van der Waals surface area contributed by atoms with Crippen LogP contribution in [-0.4, -0.2) is 12.6 Å². The molecule has 0 aliphatic carbocycles. The number of ether oxygens (including phenoxy) is 1. The summed E-state index contributed by atoms with van der Waals surface area (Å²) in [4.78, 5) is 11.0. The van der Waals surface area contributed by atoms with Crippen molar-refractivity contribution in [1.29, 1.82) is 0 Å². The van der Waals surface area contributed by atoms with E-state index in [1.165, 1.54) is 18.2 Å². The minimum Gasteiger partial charge on any atom is -0.463 e. The Morgan fingerprint density at radius 2 is 2.27 bits per heavy atom. The van der Waals surface area contributed by atoms with Gasteiger partial charge in [0.2, 0.25) is 0 Å². The Balaban J connectivity index is 2.79. The van der Waals surface area contributed by atoms with Crippen LogP contribution in [0.3, 0.4) is 0 Å². The molecule has 0 unspecified atom stereocenters. The molecule has 0 N–H and O–H groups in total. The van der Waals surface area contributed by atoms with Gasteiger partial charge in [-0.2, -0.15) is 0 Å². The summed E-state index contributed by atoms with van der Waals surface area (Å²) in [6.07, 6.45) is 2.85. The van der Waals surface area contributed by atoms with Gasteiger partial charge in [0.15, 0.2) is 0 Å². The van der Waals surface area contributed by atoms with Gasteiger partial charge in [-0.3, -0.25) is 0 Å². The molecule has 0 spiro atoms. The lowest BCUT2D eigenvalue weighted by Gasteiger charge is -2.00. The van der Waals surface area contributed by atoms with Crippen molar-refractivity contribution < 1.29 is 13.9 Å². The third-order valence-corrected chi connectivity index (χ3v) is 1.93. The monoisotopic (exact) mass is 208 g/mol. The predicted octanol–water partition coefficient (Wildman–Crippen LogP) is 2.71. The van der Waals surface area contributed by atoms with Crippen LogP contribution in [0.1, 0.15) is 18.1 Å². The van der Waals surface area contributed by atoms with Gasteiger partial charge in [0.1, 0.15) is 5.82 Å². The Bertz CT molecular complexity index is 383. The highest BCUT2D eigenvalue weighted by atomic mass is 19.1. The van der Waals surface area contributed by atoms with Gasteiger partial charge in [-0.05, 0) is 43.2 Å². The molecular formula is C12H13FO2. The van der Waals surface area contributed by atoms with Crippen molar-refractivity contribution >= 4 is 12.0 Å². The average molecular weight is 208 g/mol. The highest BCUT2D eigenvalue weighted by Crippen LogP contribution is 2.11. The lowest BCUT2D eigenvalue weighted by Crippen LogP contribution is -1.98. The number of hydrogen-bond donors (Lipinski definition) is 0. The Morgan fingerprint density at radius 3 is 2.93 bits per heavy atom. The molecule has 0 aliphatic rings. The molecule has 0 heterocycles. The SMILES string of the molecule is CCOC(=O)/C=C/c1cc(F)ccc1C. The van der Waals surface area contributed by atoms with Crippen LogP contribution in [0.5, 0.6) is 0 Å². The summed E-state index contributed by atoms with van der Waals surface area (Å²) in [5, 5.41) is 0. The lowest BCUT2D eigenvalue weighted by molar-refractivity contribution is -0.137. The zero-order valence-electron chi connectivity index (χ0n) is 8.79.